The Bertz CT molecular complexity index is 726. The van der Waals surface area contributed by atoms with E-state index in [1.165, 1.54) is 0 Å². The van der Waals surface area contributed by atoms with Crippen molar-refractivity contribution in [3.05, 3.63) is 22.5 Å². The molecule has 0 saturated heterocycles. The third-order valence-electron chi connectivity index (χ3n) is 3.07. The number of aromatic nitrogens is 1. The molecule has 13 heteroatoms. The highest BCUT2D eigenvalue weighted by Crippen LogP contribution is 2.40. The Morgan fingerprint density at radius 3 is 2.08 bits per heavy atom. The number of alkyl halides is 8. The molecule has 0 aliphatic heterocycles. The summed E-state index contributed by atoms with van der Waals surface area (Å²) < 4.78 is 104. The number of nitrogens with one attached hydrogen (secondary N) is 1. The van der Waals surface area contributed by atoms with Crippen molar-refractivity contribution in [1.29, 1.82) is 0 Å². The van der Waals surface area contributed by atoms with Gasteiger partial charge < -0.3 is 10.4 Å². The first-order valence-electron chi connectivity index (χ1n) is 6.74. The summed E-state index contributed by atoms with van der Waals surface area (Å²) in [6, 6.07) is 0. The van der Waals surface area contributed by atoms with Crippen LogP contribution in [0.3, 0.4) is 0 Å². The number of hydrogen-bond donors (Lipinski definition) is 2. The molecule has 0 saturated carbocycles. The van der Waals surface area contributed by atoms with Crippen molar-refractivity contribution in [3.63, 3.8) is 0 Å². The monoisotopic (exact) mass is 393 g/mol. The molecule has 1 aromatic heterocycles. The summed E-state index contributed by atoms with van der Waals surface area (Å²) in [6.07, 6.45) is -14.9. The molecule has 5 nitrogen and oxygen atoms in total. The zero-order valence-electron chi connectivity index (χ0n) is 13.1. The lowest BCUT2D eigenvalue weighted by Crippen LogP contribution is -2.34. The highest BCUT2D eigenvalue weighted by molar-refractivity contribution is 5.95. The third-order valence-corrected chi connectivity index (χ3v) is 3.07. The van der Waals surface area contributed by atoms with Gasteiger partial charge in [0, 0.05) is 7.05 Å². The summed E-state index contributed by atoms with van der Waals surface area (Å²) >= 11 is 0. The summed E-state index contributed by atoms with van der Waals surface area (Å²) in [6.45, 7) is 1.09. The van der Waals surface area contributed by atoms with Gasteiger partial charge in [-0.2, -0.15) is 26.3 Å². The molecule has 0 radical (unpaired) electrons. The average Bonchev–Trinajstić information content (AvgIpc) is 2.48. The van der Waals surface area contributed by atoms with Gasteiger partial charge in [0.1, 0.15) is 5.69 Å². The highest BCUT2D eigenvalue weighted by Gasteiger charge is 2.42. The van der Waals surface area contributed by atoms with Gasteiger partial charge in [0.05, 0.1) is 11.3 Å². The molecule has 1 aromatic rings. The molecule has 0 spiro atoms. The number of carbonyl (C=O) groups is 1. The van der Waals surface area contributed by atoms with Crippen molar-refractivity contribution in [2.75, 3.05) is 7.05 Å². The molecular weight excluding hydrogens is 382 g/mol. The molecule has 1 heterocycles. The van der Waals surface area contributed by atoms with Gasteiger partial charge in [-0.15, -0.1) is 0 Å². The zero-order chi connectivity index (χ0) is 20.4. The van der Waals surface area contributed by atoms with Crippen LogP contribution in [-0.2, 0) is 12.6 Å². The van der Waals surface area contributed by atoms with E-state index >= 15 is 0 Å². The van der Waals surface area contributed by atoms with Gasteiger partial charge >= 0.3 is 18.3 Å². The number of hydrogen-bond acceptors (Lipinski definition) is 3. The van der Waals surface area contributed by atoms with E-state index in [-0.39, 0.29) is 0 Å². The zero-order valence-corrected chi connectivity index (χ0v) is 13.1. The number of pyridine rings is 1. The number of rotatable bonds is 4. The smallest absolute Gasteiger partial charge is 0.449 e. The van der Waals surface area contributed by atoms with Crippen LogP contribution in [0.25, 0.3) is 0 Å². The lowest BCUT2D eigenvalue weighted by molar-refractivity contribution is -0.142. The summed E-state index contributed by atoms with van der Waals surface area (Å²) in [4.78, 5) is 16.7. The van der Waals surface area contributed by atoms with Crippen LogP contribution in [0, 0.1) is 0 Å². The van der Waals surface area contributed by atoms with Crippen LogP contribution in [0.4, 0.5) is 40.8 Å². The molecule has 0 aliphatic rings. The second kappa shape index (κ2) is 7.41. The molecular formula is C13H11F8N3O2. The van der Waals surface area contributed by atoms with E-state index in [9.17, 15) is 39.9 Å². The molecule has 0 fully saturated rings. The maximum absolute atomic E-state index is 13.1. The van der Waals surface area contributed by atoms with Crippen molar-refractivity contribution in [3.8, 4) is 0 Å². The predicted molar refractivity (Wildman–Crippen MR) is 72.7 cm³/mol. The first kappa shape index (κ1) is 21.6. The van der Waals surface area contributed by atoms with Crippen molar-refractivity contribution >= 4 is 17.5 Å². The van der Waals surface area contributed by atoms with E-state index in [1.54, 1.807) is 5.32 Å². The van der Waals surface area contributed by atoms with E-state index in [0.29, 0.717) is 0 Å². The van der Waals surface area contributed by atoms with E-state index in [2.05, 4.69) is 9.98 Å². The largest absolute Gasteiger partial charge is 0.478 e. The fourth-order valence-corrected chi connectivity index (χ4v) is 2.07. The van der Waals surface area contributed by atoms with Gasteiger partial charge in [0.2, 0.25) is 5.84 Å². The molecule has 0 atom stereocenters. The number of aliphatic imine (C=N–C) groups is 1. The van der Waals surface area contributed by atoms with E-state index in [0.717, 1.165) is 14.0 Å². The number of amidine groups is 1. The SMILES string of the molecule is CCc1c(N=C(NC)C(F)(F)F)c(C(F)F)nc(C(F)(F)F)c1C(=O)O. The Morgan fingerprint density at radius 2 is 1.77 bits per heavy atom. The topological polar surface area (TPSA) is 74.6 Å². The predicted octanol–water partition coefficient (Wildman–Crippen LogP) is 4.11. The van der Waals surface area contributed by atoms with Gasteiger partial charge in [-0.05, 0) is 12.0 Å². The van der Waals surface area contributed by atoms with Crippen molar-refractivity contribution in [1.82, 2.24) is 10.3 Å². The minimum atomic E-state index is -5.42. The molecule has 146 valence electrons. The van der Waals surface area contributed by atoms with Crippen LogP contribution in [0.5, 0.6) is 0 Å². The number of aromatic carboxylic acids is 1. The van der Waals surface area contributed by atoms with Crippen molar-refractivity contribution in [2.24, 2.45) is 4.99 Å². The molecule has 0 aromatic carbocycles. The Kier molecular flexibility index (Phi) is 6.15. The van der Waals surface area contributed by atoms with E-state index in [1.807, 2.05) is 0 Å². The van der Waals surface area contributed by atoms with Gasteiger partial charge in [-0.3, -0.25) is 0 Å². The lowest BCUT2D eigenvalue weighted by Gasteiger charge is -2.19. The molecule has 1 rings (SSSR count). The number of carboxylic acids is 1. The van der Waals surface area contributed by atoms with Crippen LogP contribution in [-0.4, -0.2) is 35.1 Å². The van der Waals surface area contributed by atoms with Crippen LogP contribution in [0.1, 0.15) is 40.7 Å². The molecule has 0 aliphatic carbocycles. The van der Waals surface area contributed by atoms with Crippen molar-refractivity contribution < 1.29 is 45.0 Å². The second-order valence-corrected chi connectivity index (χ2v) is 4.71. The number of halogens is 8. The summed E-state index contributed by atoms with van der Waals surface area (Å²) in [5.74, 6) is -3.98. The number of nitrogens with zero attached hydrogens (tertiary/aromatic N) is 2. The number of carboxylic acid groups (broad SMARTS) is 1. The first-order valence-corrected chi connectivity index (χ1v) is 6.74. The normalized spacial score (nSPS) is 13.3. The van der Waals surface area contributed by atoms with Crippen LogP contribution in [0.2, 0.25) is 0 Å². The quantitative estimate of drug-likeness (QED) is 0.459. The van der Waals surface area contributed by atoms with E-state index < -0.39 is 65.2 Å². The van der Waals surface area contributed by atoms with Crippen LogP contribution in [0.15, 0.2) is 4.99 Å². The lowest BCUT2D eigenvalue weighted by atomic mass is 9.99. The Labute approximate surface area is 140 Å². The van der Waals surface area contributed by atoms with Crippen molar-refractivity contribution in [2.45, 2.75) is 32.1 Å². The van der Waals surface area contributed by atoms with Gasteiger partial charge in [0.25, 0.3) is 6.43 Å². The minimum absolute atomic E-state index is 0.610. The molecule has 0 bridgehead atoms. The fourth-order valence-electron chi connectivity index (χ4n) is 2.07. The minimum Gasteiger partial charge on any atom is -0.478 e. The molecule has 0 amide bonds. The third kappa shape index (κ3) is 4.38. The van der Waals surface area contributed by atoms with Crippen LogP contribution >= 0.6 is 0 Å². The molecule has 0 unspecified atom stereocenters. The van der Waals surface area contributed by atoms with Gasteiger partial charge in [-0.1, -0.05) is 6.92 Å². The molecule has 2 N–H and O–H groups in total. The molecule has 26 heavy (non-hydrogen) atoms. The first-order chi connectivity index (χ1) is 11.8. The maximum Gasteiger partial charge on any atom is 0.449 e. The second-order valence-electron chi connectivity index (χ2n) is 4.71. The maximum atomic E-state index is 13.1. The van der Waals surface area contributed by atoms with Crippen LogP contribution < -0.4 is 5.32 Å². The Balaban J connectivity index is 4.04. The summed E-state index contributed by atoms with van der Waals surface area (Å²) in [7, 11) is 0.760. The van der Waals surface area contributed by atoms with Gasteiger partial charge in [-0.25, -0.2) is 23.6 Å². The van der Waals surface area contributed by atoms with Gasteiger partial charge in [0.15, 0.2) is 5.69 Å². The van der Waals surface area contributed by atoms with E-state index in [4.69, 9.17) is 5.11 Å². The average molecular weight is 393 g/mol. The fraction of sp³-hybridized carbons (Fsp3) is 0.462. The summed E-state index contributed by atoms with van der Waals surface area (Å²) in [5.41, 5.74) is -7.56. The highest BCUT2D eigenvalue weighted by atomic mass is 19.4. The summed E-state index contributed by atoms with van der Waals surface area (Å²) in [5, 5.41) is 10.6. The standard InChI is InChI=1S/C13H11F8N3O2/c1-3-4-5(10(25)26)8(12(16,17)18)23-7(9(14)15)6(4)24-11(22-2)13(19,20)21/h9H,3H2,1-2H3,(H,22,24)(H,25,26). The Hall–Kier alpha value is -2.47. The Morgan fingerprint density at radius 1 is 1.23 bits per heavy atom.